The highest BCUT2D eigenvalue weighted by molar-refractivity contribution is 7.91. The number of amides is 1. The second kappa shape index (κ2) is 6.27. The summed E-state index contributed by atoms with van der Waals surface area (Å²) in [5, 5.41) is 0. The number of rotatable bonds is 3. The van der Waals surface area contributed by atoms with Gasteiger partial charge in [-0.3, -0.25) is 4.79 Å². The summed E-state index contributed by atoms with van der Waals surface area (Å²) in [6.45, 7) is 0.888. The van der Waals surface area contributed by atoms with E-state index in [4.69, 9.17) is 0 Å². The first-order valence-electron chi connectivity index (χ1n) is 8.55. The maximum absolute atomic E-state index is 12.6. The van der Waals surface area contributed by atoms with Gasteiger partial charge in [-0.1, -0.05) is 19.3 Å². The van der Waals surface area contributed by atoms with Crippen LogP contribution in [0.4, 0.5) is 0 Å². The Bertz CT molecular complexity index is 482. The molecule has 0 bridgehead atoms. The molecule has 3 aliphatic rings. The maximum atomic E-state index is 12.6. The Morgan fingerprint density at radius 1 is 1.00 bits per heavy atom. The lowest BCUT2D eigenvalue weighted by atomic mass is 9.83. The largest absolute Gasteiger partial charge is 0.339 e. The molecule has 2 atom stereocenters. The van der Waals surface area contributed by atoms with Crippen LogP contribution in [-0.2, 0) is 14.6 Å². The zero-order valence-electron chi connectivity index (χ0n) is 12.8. The van der Waals surface area contributed by atoms with Crippen molar-refractivity contribution in [3.05, 3.63) is 0 Å². The van der Waals surface area contributed by atoms with Gasteiger partial charge in [0.2, 0.25) is 5.91 Å². The van der Waals surface area contributed by atoms with Crippen LogP contribution >= 0.6 is 0 Å². The summed E-state index contributed by atoms with van der Waals surface area (Å²) in [6.07, 6.45) is 9.90. The van der Waals surface area contributed by atoms with Crippen LogP contribution in [0.5, 0.6) is 0 Å². The SMILES string of the molecule is O=C(CC1CCS(=O)(=O)C1)N1CCCC1C1CCCCC1. The van der Waals surface area contributed by atoms with Gasteiger partial charge in [-0.15, -0.1) is 0 Å². The average Bonchev–Trinajstić information content (AvgIpc) is 3.06. The van der Waals surface area contributed by atoms with Crippen molar-refractivity contribution < 1.29 is 13.2 Å². The van der Waals surface area contributed by atoms with Gasteiger partial charge in [-0.25, -0.2) is 8.42 Å². The first kappa shape index (κ1) is 15.3. The molecule has 4 nitrogen and oxygen atoms in total. The molecule has 0 N–H and O–H groups in total. The van der Waals surface area contributed by atoms with E-state index in [1.165, 1.54) is 32.1 Å². The molecule has 21 heavy (non-hydrogen) atoms. The monoisotopic (exact) mass is 313 g/mol. The van der Waals surface area contributed by atoms with Gasteiger partial charge < -0.3 is 4.90 Å². The van der Waals surface area contributed by atoms with Crippen LogP contribution in [0.3, 0.4) is 0 Å². The maximum Gasteiger partial charge on any atom is 0.223 e. The molecule has 0 spiro atoms. The van der Waals surface area contributed by atoms with Gasteiger partial charge in [-0.05, 0) is 43.9 Å². The second-order valence-electron chi connectivity index (χ2n) is 7.17. The number of likely N-dealkylation sites (tertiary alicyclic amines) is 1. The van der Waals surface area contributed by atoms with Gasteiger partial charge in [0, 0.05) is 19.0 Å². The molecule has 0 radical (unpaired) electrons. The highest BCUT2D eigenvalue weighted by atomic mass is 32.2. The van der Waals surface area contributed by atoms with Crippen LogP contribution in [-0.4, -0.2) is 43.3 Å². The number of sulfone groups is 1. The predicted octanol–water partition coefficient (Wildman–Crippen LogP) is 2.38. The Balaban J connectivity index is 1.58. The molecule has 2 saturated heterocycles. The average molecular weight is 313 g/mol. The number of hydrogen-bond donors (Lipinski definition) is 0. The molecule has 3 rings (SSSR count). The molecule has 2 aliphatic heterocycles. The van der Waals surface area contributed by atoms with Crippen LogP contribution < -0.4 is 0 Å². The first-order valence-corrected chi connectivity index (χ1v) is 10.4. The van der Waals surface area contributed by atoms with Crippen molar-refractivity contribution in [3.63, 3.8) is 0 Å². The van der Waals surface area contributed by atoms with Crippen molar-refractivity contribution in [1.82, 2.24) is 4.90 Å². The number of carbonyl (C=O) groups excluding carboxylic acids is 1. The lowest BCUT2D eigenvalue weighted by Crippen LogP contribution is -2.41. The minimum Gasteiger partial charge on any atom is -0.339 e. The van der Waals surface area contributed by atoms with Gasteiger partial charge in [0.1, 0.15) is 0 Å². The molecule has 2 heterocycles. The molecule has 2 unspecified atom stereocenters. The smallest absolute Gasteiger partial charge is 0.223 e. The number of hydrogen-bond acceptors (Lipinski definition) is 3. The van der Waals surface area contributed by atoms with Gasteiger partial charge >= 0.3 is 0 Å². The van der Waals surface area contributed by atoms with Crippen molar-refractivity contribution in [2.75, 3.05) is 18.1 Å². The third-order valence-electron chi connectivity index (χ3n) is 5.60. The van der Waals surface area contributed by atoms with Gasteiger partial charge in [0.05, 0.1) is 11.5 Å². The minimum absolute atomic E-state index is 0.0649. The van der Waals surface area contributed by atoms with Gasteiger partial charge in [0.15, 0.2) is 9.84 Å². The van der Waals surface area contributed by atoms with Crippen LogP contribution in [0.15, 0.2) is 0 Å². The molecular formula is C16H27NO3S. The molecule has 120 valence electrons. The lowest BCUT2D eigenvalue weighted by Gasteiger charge is -2.34. The zero-order valence-corrected chi connectivity index (χ0v) is 13.6. The van der Waals surface area contributed by atoms with Crippen LogP contribution in [0.1, 0.15) is 57.8 Å². The highest BCUT2D eigenvalue weighted by Gasteiger charge is 2.37. The molecule has 1 amide bonds. The fraction of sp³-hybridized carbons (Fsp3) is 0.938. The summed E-state index contributed by atoms with van der Waals surface area (Å²) in [6, 6.07) is 0.441. The molecule has 3 fully saturated rings. The molecule has 5 heteroatoms. The zero-order chi connectivity index (χ0) is 14.9. The summed E-state index contributed by atoms with van der Waals surface area (Å²) in [4.78, 5) is 14.7. The quantitative estimate of drug-likeness (QED) is 0.804. The third kappa shape index (κ3) is 3.61. The van der Waals surface area contributed by atoms with E-state index in [9.17, 15) is 13.2 Å². The van der Waals surface area contributed by atoms with E-state index < -0.39 is 9.84 Å². The first-order chi connectivity index (χ1) is 10.1. The Kier molecular flexibility index (Phi) is 4.57. The normalized spacial score (nSPS) is 33.4. The van der Waals surface area contributed by atoms with Crippen molar-refractivity contribution in [2.45, 2.75) is 63.8 Å². The van der Waals surface area contributed by atoms with E-state index in [1.807, 2.05) is 0 Å². The number of nitrogens with zero attached hydrogens (tertiary/aromatic N) is 1. The van der Waals surface area contributed by atoms with E-state index in [0.29, 0.717) is 24.8 Å². The Hall–Kier alpha value is -0.580. The van der Waals surface area contributed by atoms with E-state index in [0.717, 1.165) is 19.4 Å². The Morgan fingerprint density at radius 2 is 1.76 bits per heavy atom. The van der Waals surface area contributed by atoms with E-state index in [2.05, 4.69) is 4.90 Å². The molecule has 1 aliphatic carbocycles. The predicted molar refractivity (Wildman–Crippen MR) is 82.7 cm³/mol. The van der Waals surface area contributed by atoms with E-state index in [-0.39, 0.29) is 23.3 Å². The van der Waals surface area contributed by atoms with E-state index in [1.54, 1.807) is 0 Å². The minimum atomic E-state index is -2.87. The third-order valence-corrected chi connectivity index (χ3v) is 7.44. The summed E-state index contributed by atoms with van der Waals surface area (Å²) in [5.74, 6) is 1.47. The van der Waals surface area contributed by atoms with Crippen molar-refractivity contribution in [1.29, 1.82) is 0 Å². The van der Waals surface area contributed by atoms with Gasteiger partial charge in [0.25, 0.3) is 0 Å². The fourth-order valence-electron chi connectivity index (χ4n) is 4.51. The summed E-state index contributed by atoms with van der Waals surface area (Å²) < 4.78 is 23.1. The molecule has 0 aromatic rings. The summed E-state index contributed by atoms with van der Waals surface area (Å²) in [5.41, 5.74) is 0. The topological polar surface area (TPSA) is 54.5 Å². The molecular weight excluding hydrogens is 286 g/mol. The van der Waals surface area contributed by atoms with Crippen LogP contribution in [0.2, 0.25) is 0 Å². The fourth-order valence-corrected chi connectivity index (χ4v) is 6.37. The second-order valence-corrected chi connectivity index (χ2v) is 9.40. The van der Waals surface area contributed by atoms with Crippen molar-refractivity contribution >= 4 is 15.7 Å². The van der Waals surface area contributed by atoms with Crippen molar-refractivity contribution in [2.24, 2.45) is 11.8 Å². The molecule has 1 saturated carbocycles. The van der Waals surface area contributed by atoms with Crippen LogP contribution in [0.25, 0.3) is 0 Å². The standard InChI is InChI=1S/C16H27NO3S/c18-16(11-13-8-10-21(19,20)12-13)17-9-4-7-15(17)14-5-2-1-3-6-14/h13-15H,1-12H2. The Morgan fingerprint density at radius 3 is 2.43 bits per heavy atom. The summed E-state index contributed by atoms with van der Waals surface area (Å²) in [7, 11) is -2.87. The summed E-state index contributed by atoms with van der Waals surface area (Å²) >= 11 is 0. The Labute approximate surface area is 128 Å². The highest BCUT2D eigenvalue weighted by Crippen LogP contribution is 2.35. The van der Waals surface area contributed by atoms with Crippen LogP contribution in [0, 0.1) is 11.8 Å². The molecule has 0 aromatic heterocycles. The van der Waals surface area contributed by atoms with Crippen molar-refractivity contribution in [3.8, 4) is 0 Å². The van der Waals surface area contributed by atoms with Gasteiger partial charge in [-0.2, -0.15) is 0 Å². The number of carbonyl (C=O) groups is 1. The van der Waals surface area contributed by atoms with E-state index >= 15 is 0 Å². The molecule has 0 aromatic carbocycles. The lowest BCUT2D eigenvalue weighted by molar-refractivity contribution is -0.134.